The van der Waals surface area contributed by atoms with Crippen molar-refractivity contribution in [2.75, 3.05) is 12.4 Å². The number of pyridine rings is 1. The van der Waals surface area contributed by atoms with E-state index in [9.17, 15) is 14.9 Å². The molecule has 0 aliphatic heterocycles. The van der Waals surface area contributed by atoms with E-state index >= 15 is 0 Å². The number of hydrogen-bond donors (Lipinski definition) is 1. The number of carbonyl (C=O) groups is 1. The number of nitrogens with zero attached hydrogens (tertiary/aromatic N) is 2. The molecule has 1 N–H and O–H groups in total. The molecular weight excluding hydrogens is 350 g/mol. The van der Waals surface area contributed by atoms with Crippen LogP contribution >= 0.6 is 0 Å². The summed E-state index contributed by atoms with van der Waals surface area (Å²) in [5.74, 6) is 1.01. The van der Waals surface area contributed by atoms with Gasteiger partial charge in [0, 0.05) is 23.9 Å². The van der Waals surface area contributed by atoms with E-state index in [0.29, 0.717) is 17.2 Å². The second-order valence-corrected chi connectivity index (χ2v) is 5.39. The highest BCUT2D eigenvalue weighted by atomic mass is 16.6. The Morgan fingerprint density at radius 3 is 2.33 bits per heavy atom. The Labute approximate surface area is 154 Å². The SMILES string of the molecule is COc1ccc(Oc2ncccc2NC(=O)c2ccc([N+](=O)[O-])cc2)cc1. The Hall–Kier alpha value is -3.94. The Morgan fingerprint density at radius 2 is 1.70 bits per heavy atom. The highest BCUT2D eigenvalue weighted by Crippen LogP contribution is 2.28. The maximum Gasteiger partial charge on any atom is 0.269 e. The molecule has 0 atom stereocenters. The Kier molecular flexibility index (Phi) is 5.27. The van der Waals surface area contributed by atoms with Crippen LogP contribution in [0.4, 0.5) is 11.4 Å². The van der Waals surface area contributed by atoms with Gasteiger partial charge in [-0.3, -0.25) is 14.9 Å². The summed E-state index contributed by atoms with van der Waals surface area (Å²) in [5.41, 5.74) is 0.563. The number of nitro groups is 1. The van der Waals surface area contributed by atoms with Crippen LogP contribution in [0.3, 0.4) is 0 Å². The van der Waals surface area contributed by atoms with Gasteiger partial charge in [0.15, 0.2) is 0 Å². The third-order valence-electron chi connectivity index (χ3n) is 3.63. The molecule has 27 heavy (non-hydrogen) atoms. The van der Waals surface area contributed by atoms with Crippen LogP contribution in [0.2, 0.25) is 0 Å². The number of ether oxygens (including phenoxy) is 2. The molecule has 0 fully saturated rings. The summed E-state index contributed by atoms with van der Waals surface area (Å²) in [7, 11) is 1.57. The molecular formula is C19H15N3O5. The minimum absolute atomic E-state index is 0.0866. The number of hydrogen-bond acceptors (Lipinski definition) is 6. The van der Waals surface area contributed by atoms with Crippen LogP contribution in [0.1, 0.15) is 10.4 Å². The number of rotatable bonds is 6. The Bertz CT molecular complexity index is 956. The smallest absolute Gasteiger partial charge is 0.269 e. The zero-order valence-electron chi connectivity index (χ0n) is 14.3. The number of aromatic nitrogens is 1. The Balaban J connectivity index is 1.76. The summed E-state index contributed by atoms with van der Waals surface area (Å²) in [4.78, 5) is 26.7. The predicted molar refractivity (Wildman–Crippen MR) is 98.4 cm³/mol. The van der Waals surface area contributed by atoms with Crippen molar-refractivity contribution in [2.24, 2.45) is 0 Å². The van der Waals surface area contributed by atoms with E-state index < -0.39 is 10.8 Å². The highest BCUT2D eigenvalue weighted by Gasteiger charge is 2.13. The van der Waals surface area contributed by atoms with Gasteiger partial charge in [0.2, 0.25) is 5.88 Å². The first kappa shape index (κ1) is 17.9. The van der Waals surface area contributed by atoms with E-state index in [2.05, 4.69) is 10.3 Å². The first-order valence-corrected chi connectivity index (χ1v) is 7.89. The molecule has 2 aromatic carbocycles. The number of amides is 1. The zero-order valence-corrected chi connectivity index (χ0v) is 14.3. The van der Waals surface area contributed by atoms with Crippen molar-refractivity contribution >= 4 is 17.3 Å². The molecule has 8 nitrogen and oxygen atoms in total. The molecule has 0 saturated heterocycles. The summed E-state index contributed by atoms with van der Waals surface area (Å²) in [6.45, 7) is 0. The molecule has 1 aromatic heterocycles. The zero-order chi connectivity index (χ0) is 19.2. The minimum atomic E-state index is -0.524. The second-order valence-electron chi connectivity index (χ2n) is 5.39. The first-order valence-electron chi connectivity index (χ1n) is 7.89. The fourth-order valence-corrected chi connectivity index (χ4v) is 2.25. The topological polar surface area (TPSA) is 104 Å². The van der Waals surface area contributed by atoms with Crippen molar-refractivity contribution in [3.63, 3.8) is 0 Å². The molecule has 0 spiro atoms. The summed E-state index contributed by atoms with van der Waals surface area (Å²) in [6, 6.07) is 15.5. The van der Waals surface area contributed by atoms with Gasteiger partial charge < -0.3 is 14.8 Å². The molecule has 0 aliphatic rings. The fourth-order valence-electron chi connectivity index (χ4n) is 2.25. The van der Waals surface area contributed by atoms with E-state index in [-0.39, 0.29) is 17.1 Å². The van der Waals surface area contributed by atoms with Crippen LogP contribution in [0, 0.1) is 10.1 Å². The minimum Gasteiger partial charge on any atom is -0.497 e. The summed E-state index contributed by atoms with van der Waals surface area (Å²) in [6.07, 6.45) is 1.54. The molecule has 136 valence electrons. The molecule has 0 radical (unpaired) electrons. The molecule has 0 unspecified atom stereocenters. The van der Waals surface area contributed by atoms with E-state index in [4.69, 9.17) is 9.47 Å². The van der Waals surface area contributed by atoms with Crippen molar-refractivity contribution in [1.29, 1.82) is 0 Å². The number of nitrogens with one attached hydrogen (secondary N) is 1. The third kappa shape index (κ3) is 4.37. The van der Waals surface area contributed by atoms with Crippen LogP contribution in [-0.2, 0) is 0 Å². The molecule has 3 rings (SSSR count). The van der Waals surface area contributed by atoms with Crippen molar-refractivity contribution in [3.05, 3.63) is 82.5 Å². The van der Waals surface area contributed by atoms with Gasteiger partial charge in [0.25, 0.3) is 11.6 Å². The first-order chi connectivity index (χ1) is 13.1. The van der Waals surface area contributed by atoms with Crippen LogP contribution in [0.5, 0.6) is 17.4 Å². The number of benzene rings is 2. The number of carbonyl (C=O) groups excluding carboxylic acids is 1. The standard InChI is InChI=1S/C19H15N3O5/c1-26-15-8-10-16(11-9-15)27-19-17(3-2-12-20-19)21-18(23)13-4-6-14(7-5-13)22(24)25/h2-12H,1H3,(H,21,23). The lowest BCUT2D eigenvalue weighted by molar-refractivity contribution is -0.384. The summed E-state index contributed by atoms with van der Waals surface area (Å²) >= 11 is 0. The molecule has 8 heteroatoms. The van der Waals surface area contributed by atoms with Crippen LogP contribution in [0.25, 0.3) is 0 Å². The van der Waals surface area contributed by atoms with Crippen LogP contribution < -0.4 is 14.8 Å². The normalized spacial score (nSPS) is 10.1. The number of nitro benzene ring substituents is 1. The Morgan fingerprint density at radius 1 is 1.04 bits per heavy atom. The average Bonchev–Trinajstić information content (AvgIpc) is 2.70. The molecule has 1 amide bonds. The largest absolute Gasteiger partial charge is 0.497 e. The maximum absolute atomic E-state index is 12.4. The van der Waals surface area contributed by atoms with Crippen LogP contribution in [0.15, 0.2) is 66.9 Å². The van der Waals surface area contributed by atoms with Crippen molar-refractivity contribution in [2.45, 2.75) is 0 Å². The summed E-state index contributed by atoms with van der Waals surface area (Å²) < 4.78 is 10.8. The van der Waals surface area contributed by atoms with Gasteiger partial charge >= 0.3 is 0 Å². The average molecular weight is 365 g/mol. The molecule has 3 aromatic rings. The van der Waals surface area contributed by atoms with Gasteiger partial charge in [-0.2, -0.15) is 0 Å². The predicted octanol–water partition coefficient (Wildman–Crippen LogP) is 4.04. The van der Waals surface area contributed by atoms with Crippen molar-refractivity contribution in [1.82, 2.24) is 4.98 Å². The summed E-state index contributed by atoms with van der Waals surface area (Å²) in [5, 5.41) is 13.4. The lowest BCUT2D eigenvalue weighted by atomic mass is 10.2. The monoisotopic (exact) mass is 365 g/mol. The van der Waals surface area contributed by atoms with E-state index in [0.717, 1.165) is 0 Å². The molecule has 0 saturated carbocycles. The quantitative estimate of drug-likeness (QED) is 0.522. The van der Waals surface area contributed by atoms with E-state index in [1.807, 2.05) is 0 Å². The third-order valence-corrected chi connectivity index (χ3v) is 3.63. The number of non-ortho nitro benzene ring substituents is 1. The number of anilines is 1. The lowest BCUT2D eigenvalue weighted by Crippen LogP contribution is -2.12. The maximum atomic E-state index is 12.4. The fraction of sp³-hybridized carbons (Fsp3) is 0.0526. The van der Waals surface area contributed by atoms with Gasteiger partial charge in [0.05, 0.1) is 12.0 Å². The molecule has 1 heterocycles. The highest BCUT2D eigenvalue weighted by molar-refractivity contribution is 6.05. The van der Waals surface area contributed by atoms with E-state index in [1.165, 1.54) is 24.3 Å². The van der Waals surface area contributed by atoms with E-state index in [1.54, 1.807) is 49.7 Å². The van der Waals surface area contributed by atoms with Gasteiger partial charge in [0.1, 0.15) is 17.2 Å². The second kappa shape index (κ2) is 7.96. The molecule has 0 bridgehead atoms. The lowest BCUT2D eigenvalue weighted by Gasteiger charge is -2.11. The van der Waals surface area contributed by atoms with Gasteiger partial charge in [-0.1, -0.05) is 0 Å². The molecule has 0 aliphatic carbocycles. The number of methoxy groups -OCH3 is 1. The van der Waals surface area contributed by atoms with Crippen LogP contribution in [-0.4, -0.2) is 22.9 Å². The van der Waals surface area contributed by atoms with Gasteiger partial charge in [-0.05, 0) is 48.5 Å². The van der Waals surface area contributed by atoms with Crippen molar-refractivity contribution in [3.8, 4) is 17.4 Å². The van der Waals surface area contributed by atoms with Crippen molar-refractivity contribution < 1.29 is 19.2 Å². The van der Waals surface area contributed by atoms with Gasteiger partial charge in [-0.15, -0.1) is 0 Å². The van der Waals surface area contributed by atoms with Gasteiger partial charge in [-0.25, -0.2) is 4.98 Å².